The van der Waals surface area contributed by atoms with Crippen LogP contribution in [0.15, 0.2) is 30.9 Å². The number of amides is 6. The van der Waals surface area contributed by atoms with Gasteiger partial charge in [-0.3, -0.25) is 24.0 Å². The van der Waals surface area contributed by atoms with Crippen LogP contribution in [0.2, 0.25) is 0 Å². The molecule has 5 atom stereocenters. The molecule has 0 spiro atoms. The molecule has 1 aromatic rings. The van der Waals surface area contributed by atoms with E-state index in [2.05, 4.69) is 28.0 Å². The van der Waals surface area contributed by atoms with Gasteiger partial charge in [0.15, 0.2) is 0 Å². The van der Waals surface area contributed by atoms with Crippen molar-refractivity contribution in [3.05, 3.63) is 47.5 Å². The number of benzene rings is 1. The molecule has 3 saturated carbocycles. The zero-order chi connectivity index (χ0) is 36.8. The molecule has 3 aliphatic heterocycles. The van der Waals surface area contributed by atoms with Gasteiger partial charge in [-0.25, -0.2) is 18.0 Å². The third-order valence-electron chi connectivity index (χ3n) is 11.9. The first-order valence-electron chi connectivity index (χ1n) is 18.8. The third kappa shape index (κ3) is 7.25. The van der Waals surface area contributed by atoms with Gasteiger partial charge in [-0.15, -0.1) is 6.58 Å². The van der Waals surface area contributed by atoms with E-state index in [0.29, 0.717) is 32.5 Å². The Labute approximate surface area is 305 Å². The Kier molecular flexibility index (Phi) is 10.0. The van der Waals surface area contributed by atoms with Crippen LogP contribution in [-0.4, -0.2) is 102 Å². The number of carbonyl (C=O) groups excluding carboxylic acids is 5. The lowest BCUT2D eigenvalue weighted by Gasteiger charge is -2.35. The predicted molar refractivity (Wildman–Crippen MR) is 190 cm³/mol. The number of urea groups is 1. The minimum atomic E-state index is -3.89. The van der Waals surface area contributed by atoms with E-state index in [4.69, 9.17) is 4.74 Å². The van der Waals surface area contributed by atoms with Crippen LogP contribution in [0.1, 0.15) is 87.3 Å². The zero-order valence-electron chi connectivity index (χ0n) is 29.8. The van der Waals surface area contributed by atoms with Crippen molar-refractivity contribution in [3.8, 4) is 0 Å². The average molecular weight is 739 g/mol. The lowest BCUT2D eigenvalue weighted by Crippen LogP contribution is -2.60. The molecule has 4 bridgehead atoms. The van der Waals surface area contributed by atoms with Gasteiger partial charge in [0.05, 0.1) is 11.8 Å². The van der Waals surface area contributed by atoms with Gasteiger partial charge in [-0.2, -0.15) is 0 Å². The maximum absolute atomic E-state index is 14.7. The van der Waals surface area contributed by atoms with Gasteiger partial charge in [-0.05, 0) is 74.0 Å². The highest BCUT2D eigenvalue weighted by molar-refractivity contribution is 7.91. The minimum Gasteiger partial charge on any atom is -0.444 e. The Balaban J connectivity index is 1.17. The van der Waals surface area contributed by atoms with E-state index >= 15 is 0 Å². The summed E-state index contributed by atoms with van der Waals surface area (Å²) in [5.74, 6) is -2.61. The summed E-state index contributed by atoms with van der Waals surface area (Å²) in [6.45, 7) is 4.96. The number of rotatable bonds is 7. The van der Waals surface area contributed by atoms with E-state index in [-0.39, 0.29) is 31.3 Å². The van der Waals surface area contributed by atoms with E-state index in [1.54, 1.807) is 16.8 Å². The van der Waals surface area contributed by atoms with Crippen molar-refractivity contribution in [2.24, 2.45) is 11.8 Å². The number of hydrogen-bond acceptors (Lipinski definition) is 8. The number of hydrogen-bond donors (Lipinski definition) is 3. The molecule has 6 aliphatic rings. The first-order chi connectivity index (χ1) is 24.9. The van der Waals surface area contributed by atoms with E-state index < -0.39 is 68.7 Å². The fourth-order valence-electron chi connectivity index (χ4n) is 8.50. The van der Waals surface area contributed by atoms with Gasteiger partial charge in [0, 0.05) is 39.0 Å². The highest BCUT2D eigenvalue weighted by Gasteiger charge is 2.62. The SMILES string of the molecule is C=C[C@H]1C[C@]1(NC(=O)[C@@H]1C[C@@H]2CN1C(=O)[C@H](C1CCCCC1)NC(=O)N(C)CCCCc1cccc3c1CN(C3)C(=O)O2)C(=O)NS(=O)(=O)C1CC1. The van der Waals surface area contributed by atoms with Crippen LogP contribution >= 0.6 is 0 Å². The molecule has 15 heteroatoms. The number of sulfonamides is 1. The molecule has 3 aliphatic carbocycles. The molecule has 14 nitrogen and oxygen atoms in total. The fraction of sp³-hybridized carbons (Fsp3) is 0.649. The topological polar surface area (TPSA) is 175 Å². The Bertz CT molecular complexity index is 1740. The van der Waals surface area contributed by atoms with Gasteiger partial charge >= 0.3 is 12.1 Å². The summed E-state index contributed by atoms with van der Waals surface area (Å²) >= 11 is 0. The molecule has 0 radical (unpaired) electrons. The van der Waals surface area contributed by atoms with Crippen molar-refractivity contribution >= 4 is 39.9 Å². The summed E-state index contributed by atoms with van der Waals surface area (Å²) in [4.78, 5) is 74.3. The Morgan fingerprint density at radius 3 is 2.48 bits per heavy atom. The van der Waals surface area contributed by atoms with Crippen LogP contribution in [0.3, 0.4) is 0 Å². The van der Waals surface area contributed by atoms with E-state index in [1.165, 1.54) is 11.0 Å². The summed E-state index contributed by atoms with van der Waals surface area (Å²) in [6, 6.07) is 3.64. The molecule has 1 saturated heterocycles. The molecular formula is C37H50N6O8S. The van der Waals surface area contributed by atoms with Crippen LogP contribution < -0.4 is 15.4 Å². The summed E-state index contributed by atoms with van der Waals surface area (Å²) in [5.41, 5.74) is 1.76. The summed E-state index contributed by atoms with van der Waals surface area (Å²) in [6.07, 6.45) is 7.89. The smallest absolute Gasteiger partial charge is 0.410 e. The normalized spacial score (nSPS) is 30.2. The Morgan fingerprint density at radius 2 is 1.77 bits per heavy atom. The number of ether oxygens (including phenoxy) is 1. The van der Waals surface area contributed by atoms with Crippen molar-refractivity contribution in [2.45, 2.75) is 119 Å². The molecule has 0 unspecified atom stereocenters. The van der Waals surface area contributed by atoms with Gasteiger partial charge in [-0.1, -0.05) is 43.5 Å². The fourth-order valence-corrected chi connectivity index (χ4v) is 9.87. The van der Waals surface area contributed by atoms with Crippen molar-refractivity contribution < 1.29 is 37.1 Å². The highest BCUT2D eigenvalue weighted by atomic mass is 32.2. The van der Waals surface area contributed by atoms with Gasteiger partial charge in [0.1, 0.15) is 23.7 Å². The van der Waals surface area contributed by atoms with Crippen molar-refractivity contribution in [1.82, 2.24) is 30.1 Å². The maximum atomic E-state index is 14.7. The average Bonchev–Trinajstić information content (AvgIpc) is 4.02. The van der Waals surface area contributed by atoms with Crippen LogP contribution in [0.4, 0.5) is 9.59 Å². The monoisotopic (exact) mass is 738 g/mol. The number of aryl methyl sites for hydroxylation is 1. The molecule has 4 fully saturated rings. The van der Waals surface area contributed by atoms with Crippen molar-refractivity contribution in [3.63, 3.8) is 0 Å². The minimum absolute atomic E-state index is 0.0303. The van der Waals surface area contributed by atoms with Crippen molar-refractivity contribution in [1.29, 1.82) is 0 Å². The number of carbonyl (C=O) groups is 5. The first kappa shape index (κ1) is 36.2. The molecule has 7 rings (SSSR count). The number of nitrogens with zero attached hydrogens (tertiary/aromatic N) is 3. The summed E-state index contributed by atoms with van der Waals surface area (Å²) in [7, 11) is -2.17. The molecule has 3 heterocycles. The zero-order valence-corrected chi connectivity index (χ0v) is 30.6. The number of fused-ring (bicyclic) bond motifs is 3. The van der Waals surface area contributed by atoms with Gasteiger partial charge in [0.25, 0.3) is 5.91 Å². The molecule has 282 valence electrons. The second kappa shape index (κ2) is 14.4. The standard InChI is InChI=1S/C37H50N6O8S/c1-3-26-19-37(26,34(46)40-52(49,50)28-15-16-28)39-32(44)30-18-27-21-43(30)33(45)31(24-11-5-4-6-12-24)38-35(47)41(2)17-8-7-10-23-13-9-14-25-20-42(22-29(23)25)36(48)51-27/h3,9,13-14,24,26-28,30-31H,1,4-8,10-12,15-22H2,2H3,(H,38,47)(H,39,44)(H,40,46)/t26-,27+,30-,31-,37+/m0/s1. The quantitative estimate of drug-likeness (QED) is 0.358. The van der Waals surface area contributed by atoms with E-state index in [1.807, 2.05) is 12.1 Å². The second-order valence-corrected chi connectivity index (χ2v) is 17.5. The molecule has 6 amide bonds. The van der Waals surface area contributed by atoms with Gasteiger partial charge < -0.3 is 25.2 Å². The lowest BCUT2D eigenvalue weighted by molar-refractivity contribution is -0.142. The highest BCUT2D eigenvalue weighted by Crippen LogP contribution is 2.45. The van der Waals surface area contributed by atoms with Gasteiger partial charge in [0.2, 0.25) is 21.8 Å². The number of nitrogens with one attached hydrogen (secondary N) is 3. The molecular weight excluding hydrogens is 689 g/mol. The van der Waals surface area contributed by atoms with Crippen LogP contribution in [0.5, 0.6) is 0 Å². The maximum Gasteiger partial charge on any atom is 0.410 e. The molecule has 1 aromatic carbocycles. The molecule has 52 heavy (non-hydrogen) atoms. The third-order valence-corrected chi connectivity index (χ3v) is 13.7. The lowest BCUT2D eigenvalue weighted by atomic mass is 9.83. The molecule has 0 aromatic heterocycles. The van der Waals surface area contributed by atoms with Crippen LogP contribution in [-0.2, 0) is 48.7 Å². The predicted octanol–water partition coefficient (Wildman–Crippen LogP) is 2.70. The second-order valence-electron chi connectivity index (χ2n) is 15.5. The van der Waals surface area contributed by atoms with Crippen LogP contribution in [0, 0.1) is 11.8 Å². The van der Waals surface area contributed by atoms with Crippen LogP contribution in [0.25, 0.3) is 0 Å². The molecule has 3 N–H and O–H groups in total. The van der Waals surface area contributed by atoms with Crippen molar-refractivity contribution in [2.75, 3.05) is 20.1 Å². The summed E-state index contributed by atoms with van der Waals surface area (Å²) in [5, 5.41) is 5.18. The largest absolute Gasteiger partial charge is 0.444 e. The van der Waals surface area contributed by atoms with E-state index in [9.17, 15) is 32.4 Å². The Hall–Kier alpha value is -4.14. The van der Waals surface area contributed by atoms with E-state index in [0.717, 1.165) is 68.1 Å². The summed E-state index contributed by atoms with van der Waals surface area (Å²) < 4.78 is 33.6. The Morgan fingerprint density at radius 1 is 1.02 bits per heavy atom. The first-order valence-corrected chi connectivity index (χ1v) is 20.3.